The Kier molecular flexibility index (Phi) is 7.46. The zero-order chi connectivity index (χ0) is 33.9. The van der Waals surface area contributed by atoms with E-state index in [9.17, 15) is 14.0 Å². The van der Waals surface area contributed by atoms with Gasteiger partial charge in [0.25, 0.3) is 11.8 Å². The molecule has 3 aliphatic rings. The van der Waals surface area contributed by atoms with Gasteiger partial charge >= 0.3 is 5.76 Å². The van der Waals surface area contributed by atoms with E-state index in [1.54, 1.807) is 25.4 Å². The smallest absolute Gasteiger partial charge is 0.434 e. The van der Waals surface area contributed by atoms with Gasteiger partial charge in [-0.25, -0.2) is 19.3 Å². The summed E-state index contributed by atoms with van der Waals surface area (Å²) in [6.07, 6.45) is 4.53. The third kappa shape index (κ3) is 5.07. The van der Waals surface area contributed by atoms with E-state index in [0.717, 1.165) is 44.9 Å². The molecule has 252 valence electrons. The number of amides is 1. The average molecular weight is 691 g/mol. The van der Waals surface area contributed by atoms with Crippen molar-refractivity contribution in [2.24, 2.45) is 0 Å². The van der Waals surface area contributed by atoms with Crippen LogP contribution in [0.15, 0.2) is 70.0 Å². The Balaban J connectivity index is 1.21. The predicted octanol–water partition coefficient (Wildman–Crippen LogP) is 6.26. The highest BCUT2D eigenvalue weighted by Gasteiger charge is 2.44. The minimum Gasteiger partial charge on any atom is -0.496 e. The topological polar surface area (TPSA) is 135 Å². The number of fused-ring (bicyclic) bond motifs is 5. The highest BCUT2D eigenvalue weighted by Crippen LogP contribution is 2.49. The molecule has 50 heavy (non-hydrogen) atoms. The van der Waals surface area contributed by atoms with Crippen molar-refractivity contribution in [3.63, 3.8) is 0 Å². The van der Waals surface area contributed by atoms with Gasteiger partial charge in [-0.05, 0) is 78.1 Å². The Morgan fingerprint density at radius 1 is 1.10 bits per heavy atom. The van der Waals surface area contributed by atoms with Crippen molar-refractivity contribution >= 4 is 33.1 Å². The lowest BCUT2D eigenvalue weighted by Gasteiger charge is -2.29. The van der Waals surface area contributed by atoms with Crippen molar-refractivity contribution in [1.82, 2.24) is 25.1 Å². The number of morpholine rings is 1. The number of benzene rings is 2. The van der Waals surface area contributed by atoms with Crippen LogP contribution < -0.4 is 15.8 Å². The van der Waals surface area contributed by atoms with Crippen LogP contribution in [0.4, 0.5) is 10.2 Å². The third-order valence-corrected chi connectivity index (χ3v) is 11.0. The number of aromatic nitrogens is 4. The molecule has 1 saturated heterocycles. The Bertz CT molecular complexity index is 2350. The van der Waals surface area contributed by atoms with Gasteiger partial charge in [-0.15, -0.1) is 16.4 Å². The van der Waals surface area contributed by atoms with Crippen LogP contribution >= 0.6 is 11.3 Å². The quantitative estimate of drug-likeness (QED) is 0.190. The van der Waals surface area contributed by atoms with Crippen LogP contribution in [-0.2, 0) is 24.0 Å². The predicted molar refractivity (Wildman–Crippen MR) is 185 cm³/mol. The number of carbonyl (C=O) groups excluding carboxylic acids is 1. The molecule has 0 unspecified atom stereocenters. The molecule has 2 aromatic carbocycles. The summed E-state index contributed by atoms with van der Waals surface area (Å²) < 4.78 is 31.7. The van der Waals surface area contributed by atoms with Crippen LogP contribution in [0.5, 0.6) is 5.75 Å². The number of aryl methyl sites for hydroxylation is 2. The second-order valence-electron chi connectivity index (χ2n) is 12.7. The van der Waals surface area contributed by atoms with Gasteiger partial charge in [0.1, 0.15) is 17.4 Å². The highest BCUT2D eigenvalue weighted by molar-refractivity contribution is 7.23. The standard InChI is InChI=1S/C37H31FN6O5S/c1-47-27-4-2-3-22-23(27)10-12-24(22)41-34-33-20(13-14-39-34)17-28(50-33)30-29(35-42-43-37(46)49-35)25(11-7-19-5-8-21(38)9-6-19)40-32-26-18-48-16-15-44(26)36(45)31(30)32/h2-6,8-9,13-14,17,24,26H,7,10-12,15-16,18H2,1H3,(H,39,41)(H,43,46)/t24-,26-/m1/s1. The molecule has 1 aliphatic carbocycles. The second kappa shape index (κ2) is 12.2. The second-order valence-corrected chi connectivity index (χ2v) is 13.7. The number of pyridine rings is 2. The van der Waals surface area contributed by atoms with Gasteiger partial charge in [-0.1, -0.05) is 24.3 Å². The number of rotatable bonds is 8. The van der Waals surface area contributed by atoms with E-state index in [1.165, 1.54) is 34.6 Å². The average Bonchev–Trinajstić information content (AvgIpc) is 3.93. The molecule has 0 spiro atoms. The number of H-pyrrole nitrogens is 1. The SMILES string of the molecule is COc1cccc2c1CC[C@H]2Nc1nccc2cc(-c3c4c(nc(CCc5ccc(F)cc5)c3-c3n[nH]c(=O)o3)[C@H]3COCCN3C4=O)sc12. The summed E-state index contributed by atoms with van der Waals surface area (Å²) in [6.45, 7) is 1.20. The van der Waals surface area contributed by atoms with E-state index in [0.29, 0.717) is 60.7 Å². The van der Waals surface area contributed by atoms with Gasteiger partial charge in [0.2, 0.25) is 0 Å². The molecule has 0 radical (unpaired) electrons. The molecule has 11 nitrogen and oxygen atoms in total. The van der Waals surface area contributed by atoms with Gasteiger partial charge in [-0.3, -0.25) is 9.78 Å². The number of methoxy groups -OCH3 is 1. The van der Waals surface area contributed by atoms with E-state index < -0.39 is 5.76 Å². The maximum atomic E-state index is 14.3. The molecule has 0 bridgehead atoms. The van der Waals surface area contributed by atoms with Gasteiger partial charge < -0.3 is 24.1 Å². The van der Waals surface area contributed by atoms with Crippen molar-refractivity contribution in [1.29, 1.82) is 0 Å². The molecule has 6 heterocycles. The molecule has 2 aliphatic heterocycles. The van der Waals surface area contributed by atoms with Gasteiger partial charge in [-0.2, -0.15) is 0 Å². The molecule has 4 aromatic heterocycles. The first-order chi connectivity index (χ1) is 24.5. The van der Waals surface area contributed by atoms with Crippen LogP contribution in [0.3, 0.4) is 0 Å². The Hall–Kier alpha value is -5.40. The van der Waals surface area contributed by atoms with E-state index in [4.69, 9.17) is 23.9 Å². The minimum atomic E-state index is -0.714. The number of nitrogens with one attached hydrogen (secondary N) is 2. The summed E-state index contributed by atoms with van der Waals surface area (Å²) in [5.74, 6) is 0.507. The summed E-state index contributed by atoms with van der Waals surface area (Å²) in [5.41, 5.74) is 6.10. The zero-order valence-electron chi connectivity index (χ0n) is 27.0. The van der Waals surface area contributed by atoms with Gasteiger partial charge in [0, 0.05) is 23.2 Å². The number of nitrogens with zero attached hydrogens (tertiary/aromatic N) is 4. The first-order valence-electron chi connectivity index (χ1n) is 16.5. The first kappa shape index (κ1) is 30.6. The highest BCUT2D eigenvalue weighted by atomic mass is 32.1. The molecular formula is C37H31FN6O5S. The molecule has 1 fully saturated rings. The Morgan fingerprint density at radius 2 is 1.98 bits per heavy atom. The molecule has 6 aromatic rings. The lowest BCUT2D eigenvalue weighted by atomic mass is 9.93. The van der Waals surface area contributed by atoms with Crippen LogP contribution in [0, 0.1) is 5.82 Å². The van der Waals surface area contributed by atoms with Crippen LogP contribution in [0.25, 0.3) is 32.0 Å². The molecule has 9 rings (SSSR count). The molecular weight excluding hydrogens is 660 g/mol. The number of hydrogen-bond donors (Lipinski definition) is 2. The van der Waals surface area contributed by atoms with Crippen LogP contribution in [-0.4, -0.2) is 57.8 Å². The molecule has 2 atom stereocenters. The number of thiophene rings is 1. The van der Waals surface area contributed by atoms with Crippen molar-refractivity contribution in [3.05, 3.63) is 111 Å². The summed E-state index contributed by atoms with van der Waals surface area (Å²) in [5, 5.41) is 11.3. The monoisotopic (exact) mass is 690 g/mol. The van der Waals surface area contributed by atoms with E-state index in [1.807, 2.05) is 29.2 Å². The molecule has 1 amide bonds. The number of aromatic amines is 1. The molecule has 2 N–H and O–H groups in total. The lowest BCUT2D eigenvalue weighted by molar-refractivity contribution is 0.00352. The number of carbonyl (C=O) groups is 1. The number of halogens is 1. The molecule has 13 heteroatoms. The minimum absolute atomic E-state index is 0.0498. The number of ether oxygens (including phenoxy) is 2. The fourth-order valence-electron chi connectivity index (χ4n) is 7.56. The van der Waals surface area contributed by atoms with E-state index in [-0.39, 0.29) is 29.7 Å². The summed E-state index contributed by atoms with van der Waals surface area (Å²) in [7, 11) is 1.70. The number of hydrogen-bond acceptors (Lipinski definition) is 10. The van der Waals surface area contributed by atoms with E-state index >= 15 is 0 Å². The van der Waals surface area contributed by atoms with Crippen molar-refractivity contribution in [2.45, 2.75) is 37.8 Å². The maximum Gasteiger partial charge on any atom is 0.434 e. The lowest BCUT2D eigenvalue weighted by Crippen LogP contribution is -2.38. The molecule has 0 saturated carbocycles. The zero-order valence-corrected chi connectivity index (χ0v) is 27.8. The van der Waals surface area contributed by atoms with Gasteiger partial charge in [0.15, 0.2) is 0 Å². The van der Waals surface area contributed by atoms with Gasteiger partial charge in [0.05, 0.1) is 59.6 Å². The largest absolute Gasteiger partial charge is 0.496 e. The normalized spacial score (nSPS) is 18.0. The summed E-state index contributed by atoms with van der Waals surface area (Å²) in [6, 6.07) is 16.2. The van der Waals surface area contributed by atoms with Crippen molar-refractivity contribution in [2.75, 3.05) is 32.2 Å². The number of anilines is 1. The first-order valence-corrected chi connectivity index (χ1v) is 17.4. The fraction of sp³-hybridized carbons (Fsp3) is 0.270. The Morgan fingerprint density at radius 3 is 2.80 bits per heavy atom. The maximum absolute atomic E-state index is 14.3. The van der Waals surface area contributed by atoms with Crippen molar-refractivity contribution < 1.29 is 23.1 Å². The van der Waals surface area contributed by atoms with E-state index in [2.05, 4.69) is 21.6 Å². The Labute approximate surface area is 289 Å². The third-order valence-electron chi connectivity index (χ3n) is 9.87. The van der Waals surface area contributed by atoms with Crippen molar-refractivity contribution in [3.8, 4) is 27.6 Å². The van der Waals surface area contributed by atoms with Crippen LogP contribution in [0.2, 0.25) is 0 Å². The van der Waals surface area contributed by atoms with Crippen LogP contribution in [0.1, 0.15) is 56.9 Å². The fourth-order valence-corrected chi connectivity index (χ4v) is 8.72. The summed E-state index contributed by atoms with van der Waals surface area (Å²) >= 11 is 1.51. The summed E-state index contributed by atoms with van der Waals surface area (Å²) in [4.78, 5) is 39.1.